The molecule has 0 bridgehead atoms. The van der Waals surface area contributed by atoms with Gasteiger partial charge in [0, 0.05) is 29.1 Å². The van der Waals surface area contributed by atoms with E-state index in [9.17, 15) is 0 Å². The highest BCUT2D eigenvalue weighted by Gasteiger charge is 2.07. The molecular formula is C16H17Br2N. The van der Waals surface area contributed by atoms with Crippen LogP contribution in [0.4, 0.5) is 5.69 Å². The Balaban J connectivity index is 2.07. The van der Waals surface area contributed by atoms with Gasteiger partial charge in [-0.15, -0.1) is 0 Å². The van der Waals surface area contributed by atoms with Crippen LogP contribution in [0.1, 0.15) is 11.1 Å². The summed E-state index contributed by atoms with van der Waals surface area (Å²) in [4.78, 5) is 2.31. The van der Waals surface area contributed by atoms with Gasteiger partial charge < -0.3 is 4.90 Å². The van der Waals surface area contributed by atoms with Crippen LogP contribution >= 0.6 is 31.9 Å². The molecule has 0 aliphatic rings. The van der Waals surface area contributed by atoms with E-state index in [1.807, 2.05) is 0 Å². The minimum atomic E-state index is 0.880. The number of hydrogen-bond donors (Lipinski definition) is 0. The summed E-state index contributed by atoms with van der Waals surface area (Å²) in [5.41, 5.74) is 3.98. The standard InChI is InChI=1S/C16H17Br2N/c1-19(10-9-13-5-3-2-4-6-13)16-11-15(18)8-7-14(16)12-17/h2-8,11H,9-10,12H2,1H3. The van der Waals surface area contributed by atoms with Gasteiger partial charge in [-0.3, -0.25) is 0 Å². The van der Waals surface area contributed by atoms with Gasteiger partial charge in [-0.05, 0) is 29.7 Å². The molecule has 0 fully saturated rings. The highest BCUT2D eigenvalue weighted by Crippen LogP contribution is 2.26. The highest BCUT2D eigenvalue weighted by molar-refractivity contribution is 9.10. The van der Waals surface area contributed by atoms with Gasteiger partial charge in [0.15, 0.2) is 0 Å². The molecule has 1 nitrogen and oxygen atoms in total. The molecule has 0 radical (unpaired) electrons. The second-order valence-corrected chi connectivity index (χ2v) is 6.04. The number of anilines is 1. The molecule has 2 aromatic carbocycles. The highest BCUT2D eigenvalue weighted by atomic mass is 79.9. The molecule has 0 aliphatic carbocycles. The van der Waals surface area contributed by atoms with E-state index in [4.69, 9.17) is 0 Å². The predicted molar refractivity (Wildman–Crippen MR) is 90.2 cm³/mol. The lowest BCUT2D eigenvalue weighted by molar-refractivity contribution is 0.872. The topological polar surface area (TPSA) is 3.24 Å². The van der Waals surface area contributed by atoms with Gasteiger partial charge in [-0.2, -0.15) is 0 Å². The Morgan fingerprint density at radius 2 is 1.79 bits per heavy atom. The normalized spacial score (nSPS) is 10.5. The Morgan fingerprint density at radius 3 is 2.47 bits per heavy atom. The summed E-state index contributed by atoms with van der Waals surface area (Å²) in [5, 5.41) is 0.880. The van der Waals surface area contributed by atoms with Crippen molar-refractivity contribution in [1.29, 1.82) is 0 Å². The molecular weight excluding hydrogens is 366 g/mol. The van der Waals surface area contributed by atoms with Crippen molar-refractivity contribution in [1.82, 2.24) is 0 Å². The lowest BCUT2D eigenvalue weighted by atomic mass is 10.1. The number of halogens is 2. The van der Waals surface area contributed by atoms with Crippen molar-refractivity contribution in [2.24, 2.45) is 0 Å². The van der Waals surface area contributed by atoms with E-state index >= 15 is 0 Å². The third-order valence-electron chi connectivity index (χ3n) is 3.18. The number of hydrogen-bond acceptors (Lipinski definition) is 1. The minimum absolute atomic E-state index is 0.880. The lowest BCUT2D eigenvalue weighted by Gasteiger charge is -2.22. The lowest BCUT2D eigenvalue weighted by Crippen LogP contribution is -2.21. The number of nitrogens with zero attached hydrogens (tertiary/aromatic N) is 1. The van der Waals surface area contributed by atoms with Crippen LogP contribution in [0.25, 0.3) is 0 Å². The maximum atomic E-state index is 3.56. The Labute approximate surface area is 131 Å². The monoisotopic (exact) mass is 381 g/mol. The summed E-state index contributed by atoms with van der Waals surface area (Å²) < 4.78 is 1.12. The molecule has 0 aliphatic heterocycles. The summed E-state index contributed by atoms with van der Waals surface area (Å²) in [6.45, 7) is 1.01. The third-order valence-corrected chi connectivity index (χ3v) is 4.28. The summed E-state index contributed by atoms with van der Waals surface area (Å²) >= 11 is 7.10. The fourth-order valence-corrected chi connectivity index (χ4v) is 2.89. The quantitative estimate of drug-likeness (QED) is 0.656. The van der Waals surface area contributed by atoms with E-state index in [0.29, 0.717) is 0 Å². The fraction of sp³-hybridized carbons (Fsp3) is 0.250. The van der Waals surface area contributed by atoms with Crippen molar-refractivity contribution in [3.8, 4) is 0 Å². The number of alkyl halides is 1. The van der Waals surface area contributed by atoms with Crippen LogP contribution in [0.5, 0.6) is 0 Å². The number of rotatable bonds is 5. The Kier molecular flexibility index (Phi) is 5.46. The molecule has 0 N–H and O–H groups in total. The van der Waals surface area contributed by atoms with Crippen molar-refractivity contribution in [3.63, 3.8) is 0 Å². The first-order valence-electron chi connectivity index (χ1n) is 6.30. The SMILES string of the molecule is CN(CCc1ccccc1)c1cc(Br)ccc1CBr. The maximum absolute atomic E-state index is 3.56. The molecule has 0 atom stereocenters. The van der Waals surface area contributed by atoms with Crippen molar-refractivity contribution >= 4 is 37.5 Å². The molecule has 0 saturated carbocycles. The minimum Gasteiger partial charge on any atom is -0.374 e. The van der Waals surface area contributed by atoms with Gasteiger partial charge in [0.1, 0.15) is 0 Å². The van der Waals surface area contributed by atoms with Gasteiger partial charge in [0.05, 0.1) is 0 Å². The maximum Gasteiger partial charge on any atom is 0.0416 e. The first kappa shape index (κ1) is 14.6. The number of benzene rings is 2. The molecule has 0 spiro atoms. The van der Waals surface area contributed by atoms with E-state index in [1.165, 1.54) is 16.8 Å². The summed E-state index contributed by atoms with van der Waals surface area (Å²) in [5.74, 6) is 0. The molecule has 100 valence electrons. The molecule has 0 amide bonds. The summed E-state index contributed by atoms with van der Waals surface area (Å²) in [6.07, 6.45) is 1.06. The molecule has 0 unspecified atom stereocenters. The van der Waals surface area contributed by atoms with E-state index in [1.54, 1.807) is 0 Å². The van der Waals surface area contributed by atoms with Crippen LogP contribution in [0, 0.1) is 0 Å². The summed E-state index contributed by atoms with van der Waals surface area (Å²) in [6, 6.07) is 17.0. The molecule has 2 aromatic rings. The molecule has 3 heteroatoms. The van der Waals surface area contributed by atoms with Crippen molar-refractivity contribution in [2.45, 2.75) is 11.8 Å². The van der Waals surface area contributed by atoms with E-state index in [-0.39, 0.29) is 0 Å². The van der Waals surface area contributed by atoms with Gasteiger partial charge >= 0.3 is 0 Å². The molecule has 0 aromatic heterocycles. The second kappa shape index (κ2) is 7.11. The Morgan fingerprint density at radius 1 is 1.05 bits per heavy atom. The zero-order valence-electron chi connectivity index (χ0n) is 10.9. The summed E-state index contributed by atoms with van der Waals surface area (Å²) in [7, 11) is 2.15. The van der Waals surface area contributed by atoms with Crippen molar-refractivity contribution in [2.75, 3.05) is 18.5 Å². The molecule has 0 heterocycles. The van der Waals surface area contributed by atoms with Crippen LogP contribution in [-0.2, 0) is 11.8 Å². The van der Waals surface area contributed by atoms with Crippen LogP contribution in [-0.4, -0.2) is 13.6 Å². The fourth-order valence-electron chi connectivity index (χ4n) is 2.07. The zero-order chi connectivity index (χ0) is 13.7. The third kappa shape index (κ3) is 4.08. The molecule has 19 heavy (non-hydrogen) atoms. The van der Waals surface area contributed by atoms with Gasteiger partial charge in [-0.1, -0.05) is 68.3 Å². The average Bonchev–Trinajstić information content (AvgIpc) is 2.46. The number of likely N-dealkylation sites (N-methyl/N-ethyl adjacent to an activating group) is 1. The zero-order valence-corrected chi connectivity index (χ0v) is 14.1. The molecule has 0 saturated heterocycles. The predicted octanol–water partition coefficient (Wildman–Crippen LogP) is 5.02. The van der Waals surface area contributed by atoms with E-state index < -0.39 is 0 Å². The van der Waals surface area contributed by atoms with Crippen LogP contribution in [0.3, 0.4) is 0 Å². The average molecular weight is 383 g/mol. The largest absolute Gasteiger partial charge is 0.374 e. The Bertz CT molecular complexity index is 526. The van der Waals surface area contributed by atoms with Crippen molar-refractivity contribution in [3.05, 3.63) is 64.1 Å². The molecule has 2 rings (SSSR count). The smallest absolute Gasteiger partial charge is 0.0416 e. The van der Waals surface area contributed by atoms with E-state index in [0.717, 1.165) is 22.8 Å². The first-order valence-corrected chi connectivity index (χ1v) is 8.21. The van der Waals surface area contributed by atoms with E-state index in [2.05, 4.69) is 92.3 Å². The van der Waals surface area contributed by atoms with Crippen LogP contribution < -0.4 is 4.90 Å². The Hall–Kier alpha value is -0.800. The second-order valence-electron chi connectivity index (χ2n) is 4.56. The van der Waals surface area contributed by atoms with Crippen LogP contribution in [0.2, 0.25) is 0 Å². The van der Waals surface area contributed by atoms with Gasteiger partial charge in [0.25, 0.3) is 0 Å². The first-order chi connectivity index (χ1) is 9.20. The van der Waals surface area contributed by atoms with Gasteiger partial charge in [-0.25, -0.2) is 0 Å². The van der Waals surface area contributed by atoms with Crippen molar-refractivity contribution < 1.29 is 0 Å². The van der Waals surface area contributed by atoms with Gasteiger partial charge in [0.2, 0.25) is 0 Å². The van der Waals surface area contributed by atoms with Crippen LogP contribution in [0.15, 0.2) is 53.0 Å².